The number of hydrogen-bond acceptors (Lipinski definition) is 11. The first-order chi connectivity index (χ1) is 19.2. The lowest BCUT2D eigenvalue weighted by Gasteiger charge is -2.45. The molecular weight excluding hydrogens is 539 g/mol. The van der Waals surface area contributed by atoms with E-state index in [1.165, 1.54) is 25.2 Å². The maximum Gasteiger partial charge on any atom is 0.303 e. The molecule has 5 N–H and O–H groups in total. The smallest absolute Gasteiger partial charge is 0.303 e. The van der Waals surface area contributed by atoms with Crippen molar-refractivity contribution in [2.24, 2.45) is 0 Å². The van der Waals surface area contributed by atoms with Crippen molar-refractivity contribution < 1.29 is 48.7 Å². The minimum absolute atomic E-state index is 0.125. The fourth-order valence-corrected chi connectivity index (χ4v) is 5.11. The molecule has 0 saturated carbocycles. The lowest BCUT2D eigenvalue weighted by Crippen LogP contribution is -2.78. The van der Waals surface area contributed by atoms with Gasteiger partial charge in [-0.15, -0.1) is 0 Å². The topological polar surface area (TPSA) is 169 Å². The van der Waals surface area contributed by atoms with Crippen molar-refractivity contribution in [3.63, 3.8) is 0 Å². The molecule has 218 valence electrons. The van der Waals surface area contributed by atoms with Crippen molar-refractivity contribution in [1.29, 1.82) is 0 Å². The van der Waals surface area contributed by atoms with Crippen LogP contribution in [0.3, 0.4) is 0 Å². The number of halogens is 1. The number of aldehydes is 1. The highest BCUT2D eigenvalue weighted by molar-refractivity contribution is 6.39. The van der Waals surface area contributed by atoms with Crippen LogP contribution < -0.4 is 10.1 Å². The number of imide groups is 1. The van der Waals surface area contributed by atoms with E-state index in [2.05, 4.69) is 4.90 Å². The van der Waals surface area contributed by atoms with Crippen LogP contribution >= 0.6 is 0 Å². The van der Waals surface area contributed by atoms with Gasteiger partial charge in [0.25, 0.3) is 11.7 Å². The van der Waals surface area contributed by atoms with Crippen LogP contribution in [0.15, 0.2) is 36.4 Å². The number of carbonyl (C=O) groups excluding carboxylic acids is 3. The molecule has 12 nitrogen and oxygen atoms in total. The number of nitrogens with zero attached hydrogens (tertiary/aromatic N) is 2. The van der Waals surface area contributed by atoms with Crippen LogP contribution in [0.2, 0.25) is 0 Å². The molecule has 0 bridgehead atoms. The van der Waals surface area contributed by atoms with Gasteiger partial charge in [0, 0.05) is 42.9 Å². The number of amides is 2. The van der Waals surface area contributed by atoms with Crippen LogP contribution in [0, 0.1) is 5.82 Å². The molecule has 0 aliphatic carbocycles. The first-order valence-electron chi connectivity index (χ1n) is 13.0. The molecule has 2 aliphatic rings. The van der Waals surface area contributed by atoms with Gasteiger partial charge in [-0.2, -0.15) is 0 Å². The van der Waals surface area contributed by atoms with Crippen molar-refractivity contribution in [2.75, 3.05) is 33.4 Å². The minimum Gasteiger partial charge on any atom is -0.501 e. The zero-order valence-electron chi connectivity index (χ0n) is 23.0. The highest BCUT2D eigenvalue weighted by atomic mass is 19.1. The Labute approximate surface area is 237 Å². The number of hydrogen-bond donors (Lipinski definition) is 5. The summed E-state index contributed by atoms with van der Waals surface area (Å²) in [5, 5.41) is 41.3. The third-order valence-corrected chi connectivity index (χ3v) is 7.40. The van der Waals surface area contributed by atoms with Crippen LogP contribution in [-0.4, -0.2) is 115 Å². The van der Waals surface area contributed by atoms with Crippen molar-refractivity contribution in [2.45, 2.75) is 36.1 Å². The first kappa shape index (κ1) is 30.8. The zero-order chi connectivity index (χ0) is 30.2. The monoisotopic (exact) mass is 571 g/mol. The van der Waals surface area contributed by atoms with Gasteiger partial charge < -0.3 is 29.9 Å². The van der Waals surface area contributed by atoms with Crippen molar-refractivity contribution >= 4 is 33.8 Å². The Balaban J connectivity index is 1.60. The van der Waals surface area contributed by atoms with E-state index >= 15 is 4.39 Å². The van der Waals surface area contributed by atoms with Gasteiger partial charge in [0.2, 0.25) is 5.91 Å². The molecule has 4 rings (SSSR count). The SMILES string of the molecule is BC(B)(Oc1cccc(C=O)c1CN(C)[C@@H]1C(=O)NC(=O)C(O)(O)C1(O)O)c1ccc(CN2CCOCC2)cc1F. The van der Waals surface area contributed by atoms with Gasteiger partial charge in [-0.25, -0.2) is 4.39 Å². The molecular formula is C26H32B2FN3O9. The molecule has 1 atom stereocenters. The first-order valence-corrected chi connectivity index (χ1v) is 13.0. The van der Waals surface area contributed by atoms with E-state index in [4.69, 9.17) is 9.47 Å². The Morgan fingerprint density at radius 2 is 1.88 bits per heavy atom. The van der Waals surface area contributed by atoms with Crippen LogP contribution in [0.4, 0.5) is 4.39 Å². The number of aliphatic hydroxyl groups is 4. The Morgan fingerprint density at radius 1 is 1.20 bits per heavy atom. The maximum absolute atomic E-state index is 15.4. The van der Waals surface area contributed by atoms with Crippen molar-refractivity contribution in [3.05, 3.63) is 64.5 Å². The molecule has 15 heteroatoms. The largest absolute Gasteiger partial charge is 0.501 e. The summed E-state index contributed by atoms with van der Waals surface area (Å²) in [6.07, 6.45) is 0.530. The third-order valence-electron chi connectivity index (χ3n) is 7.40. The van der Waals surface area contributed by atoms with Gasteiger partial charge in [-0.1, -0.05) is 24.3 Å². The lowest BCUT2D eigenvalue weighted by molar-refractivity contribution is -0.356. The Bertz CT molecular complexity index is 1340. The average molecular weight is 571 g/mol. The van der Waals surface area contributed by atoms with Gasteiger partial charge in [-0.3, -0.25) is 29.5 Å². The molecule has 2 amide bonds. The van der Waals surface area contributed by atoms with E-state index in [1.807, 2.05) is 6.07 Å². The number of morpholine rings is 1. The number of benzene rings is 2. The van der Waals surface area contributed by atoms with Crippen LogP contribution in [0.1, 0.15) is 27.0 Å². The minimum atomic E-state index is -3.70. The number of carbonyl (C=O) groups is 3. The molecule has 2 aromatic carbocycles. The fraction of sp³-hybridized carbons (Fsp3) is 0.423. The number of piperidine rings is 1. The maximum atomic E-state index is 15.4. The van der Waals surface area contributed by atoms with E-state index in [0.29, 0.717) is 26.0 Å². The number of nitrogens with one attached hydrogen (secondary N) is 1. The molecule has 0 radical (unpaired) electrons. The standard InChI is InChI=1S/C26H32B2FN3O9/c1-31(21-22(34)30-23(35)25(38,39)24(21,36)37)13-17-16(14-33)3-2-4-20(17)41-26(27,28)18-6-5-15(11-19(18)29)12-32-7-9-40-10-8-32/h2-6,11,14,21,36-39H,7-10,12-13,27-28H2,1H3,(H,30,34,35)/t21-/m1/s1. The quantitative estimate of drug-likeness (QED) is 0.0888. The number of likely N-dealkylation sites (N-methyl/N-ethyl adjacent to an activating group) is 1. The second-order valence-corrected chi connectivity index (χ2v) is 10.8. The normalized spacial score (nSPS) is 21.0. The van der Waals surface area contributed by atoms with E-state index in [1.54, 1.807) is 33.1 Å². The Hall–Kier alpha value is -3.17. The van der Waals surface area contributed by atoms with E-state index in [0.717, 1.165) is 23.6 Å². The summed E-state index contributed by atoms with van der Waals surface area (Å²) >= 11 is 0. The van der Waals surface area contributed by atoms with Crippen molar-refractivity contribution in [1.82, 2.24) is 15.1 Å². The van der Waals surface area contributed by atoms with Crippen molar-refractivity contribution in [3.8, 4) is 5.75 Å². The Morgan fingerprint density at radius 3 is 2.51 bits per heavy atom. The molecule has 0 unspecified atom stereocenters. The molecule has 0 spiro atoms. The number of ether oxygens (including phenoxy) is 2. The molecule has 2 heterocycles. The molecule has 0 aromatic heterocycles. The van der Waals surface area contributed by atoms with Crippen LogP contribution in [-0.2, 0) is 32.8 Å². The third kappa shape index (κ3) is 6.06. The fourth-order valence-electron chi connectivity index (χ4n) is 5.11. The van der Waals surface area contributed by atoms with Gasteiger partial charge in [0.1, 0.15) is 11.6 Å². The van der Waals surface area contributed by atoms with Gasteiger partial charge in [0.15, 0.2) is 28.0 Å². The molecule has 2 fully saturated rings. The summed E-state index contributed by atoms with van der Waals surface area (Å²) in [4.78, 5) is 39.4. The molecule has 41 heavy (non-hydrogen) atoms. The predicted molar refractivity (Wildman–Crippen MR) is 146 cm³/mol. The highest BCUT2D eigenvalue weighted by Crippen LogP contribution is 2.34. The van der Waals surface area contributed by atoms with E-state index < -0.39 is 40.6 Å². The summed E-state index contributed by atoms with van der Waals surface area (Å²) in [5.74, 6) is -10.5. The number of rotatable bonds is 9. The zero-order valence-corrected chi connectivity index (χ0v) is 23.0. The van der Waals surface area contributed by atoms with E-state index in [9.17, 15) is 34.8 Å². The average Bonchev–Trinajstić information content (AvgIpc) is 2.89. The summed E-state index contributed by atoms with van der Waals surface area (Å²) in [6.45, 7) is 2.99. The second-order valence-electron chi connectivity index (χ2n) is 10.8. The summed E-state index contributed by atoms with van der Waals surface area (Å²) in [7, 11) is 4.54. The summed E-state index contributed by atoms with van der Waals surface area (Å²) in [5.41, 5.74) is 1.36. The summed E-state index contributed by atoms with van der Waals surface area (Å²) < 4.78 is 27.0. The predicted octanol–water partition coefficient (Wildman–Crippen LogP) is -3.26. The molecule has 2 aliphatic heterocycles. The molecule has 2 aromatic rings. The highest BCUT2D eigenvalue weighted by Gasteiger charge is 2.65. The van der Waals surface area contributed by atoms with Gasteiger partial charge in [-0.05, 0) is 24.7 Å². The van der Waals surface area contributed by atoms with Crippen LogP contribution in [0.5, 0.6) is 5.75 Å². The van der Waals surface area contributed by atoms with Gasteiger partial charge >= 0.3 is 5.79 Å². The van der Waals surface area contributed by atoms with E-state index in [-0.39, 0.29) is 29.0 Å². The lowest BCUT2D eigenvalue weighted by atomic mass is 9.61. The second kappa shape index (κ2) is 11.6. The van der Waals surface area contributed by atoms with Gasteiger partial charge in [0.05, 0.1) is 18.6 Å². The Kier molecular flexibility index (Phi) is 8.71. The molecule has 2 saturated heterocycles. The van der Waals surface area contributed by atoms with Crippen LogP contribution in [0.25, 0.3) is 0 Å². The summed E-state index contributed by atoms with van der Waals surface area (Å²) in [6, 6.07) is 7.41.